The maximum absolute atomic E-state index is 9.64. The van der Waals surface area contributed by atoms with E-state index in [1.165, 1.54) is 6.20 Å². The Balaban J connectivity index is 1.56. The molecule has 0 saturated heterocycles. The molecular formula is C10H17N3O3S. The molecule has 6 nitrogen and oxygen atoms in total. The van der Waals surface area contributed by atoms with Crippen LogP contribution in [0.3, 0.4) is 0 Å². The van der Waals surface area contributed by atoms with Gasteiger partial charge in [-0.1, -0.05) is 0 Å². The minimum atomic E-state index is -0.578. The summed E-state index contributed by atoms with van der Waals surface area (Å²) in [7, 11) is 0. The van der Waals surface area contributed by atoms with E-state index in [9.17, 15) is 5.11 Å². The summed E-state index contributed by atoms with van der Waals surface area (Å²) < 4.78 is 12.9. The van der Waals surface area contributed by atoms with Gasteiger partial charge in [-0.3, -0.25) is 0 Å². The quantitative estimate of drug-likeness (QED) is 0.591. The van der Waals surface area contributed by atoms with E-state index in [2.05, 4.69) is 14.1 Å². The lowest BCUT2D eigenvalue weighted by atomic mass is 10.1. The van der Waals surface area contributed by atoms with Crippen molar-refractivity contribution in [2.24, 2.45) is 5.41 Å². The highest BCUT2D eigenvalue weighted by Crippen LogP contribution is 2.44. The van der Waals surface area contributed by atoms with Crippen LogP contribution in [0, 0.1) is 5.41 Å². The first-order valence-electron chi connectivity index (χ1n) is 5.64. The van der Waals surface area contributed by atoms with Crippen LogP contribution in [0.1, 0.15) is 12.8 Å². The third kappa shape index (κ3) is 3.88. The number of aromatic nitrogens is 2. The second-order valence-electron chi connectivity index (χ2n) is 4.50. The average molecular weight is 259 g/mol. The fraction of sp³-hybridized carbons (Fsp3) is 0.800. The van der Waals surface area contributed by atoms with Crippen molar-refractivity contribution in [1.82, 2.24) is 14.1 Å². The maximum atomic E-state index is 9.64. The molecule has 1 unspecified atom stereocenters. The summed E-state index contributed by atoms with van der Waals surface area (Å²) in [6.07, 6.45) is 3.07. The number of nitrogens with one attached hydrogen (secondary N) is 1. The van der Waals surface area contributed by atoms with Gasteiger partial charge in [-0.15, -0.1) is 4.37 Å². The van der Waals surface area contributed by atoms with Crippen LogP contribution in [0.4, 0.5) is 0 Å². The third-order valence-corrected chi connectivity index (χ3v) is 3.40. The molecule has 2 rings (SSSR count). The highest BCUT2D eigenvalue weighted by molar-refractivity contribution is 6.99. The Morgan fingerprint density at radius 2 is 2.41 bits per heavy atom. The van der Waals surface area contributed by atoms with E-state index >= 15 is 0 Å². The predicted octanol–water partition coefficient (Wildman–Crippen LogP) is -0.360. The number of hydrogen-bond donors (Lipinski definition) is 3. The Labute approximate surface area is 104 Å². The van der Waals surface area contributed by atoms with Gasteiger partial charge < -0.3 is 20.3 Å². The molecule has 1 aliphatic rings. The molecule has 1 aromatic rings. The van der Waals surface area contributed by atoms with Gasteiger partial charge in [-0.25, -0.2) is 0 Å². The van der Waals surface area contributed by atoms with Crippen LogP contribution in [-0.4, -0.2) is 51.4 Å². The Hall–Kier alpha value is -0.760. The molecule has 0 radical (unpaired) electrons. The van der Waals surface area contributed by atoms with Crippen molar-refractivity contribution in [1.29, 1.82) is 0 Å². The molecule has 0 aromatic carbocycles. The number of hydrogen-bond acceptors (Lipinski definition) is 7. The van der Waals surface area contributed by atoms with Crippen LogP contribution >= 0.6 is 11.7 Å². The maximum Gasteiger partial charge on any atom is 0.245 e. The average Bonchev–Trinajstić information content (AvgIpc) is 2.92. The summed E-state index contributed by atoms with van der Waals surface area (Å²) in [5, 5.41) is 21.9. The number of aliphatic hydroxyl groups excluding tert-OH is 2. The lowest BCUT2D eigenvalue weighted by Crippen LogP contribution is -2.35. The topological polar surface area (TPSA) is 87.5 Å². The van der Waals surface area contributed by atoms with Gasteiger partial charge in [0.15, 0.2) is 0 Å². The first kappa shape index (κ1) is 12.7. The molecule has 1 aliphatic carbocycles. The van der Waals surface area contributed by atoms with E-state index in [-0.39, 0.29) is 18.6 Å². The minimum Gasteiger partial charge on any atom is -0.473 e. The summed E-state index contributed by atoms with van der Waals surface area (Å²) in [6.45, 7) is 1.62. The first-order valence-corrected chi connectivity index (χ1v) is 6.37. The van der Waals surface area contributed by atoms with E-state index in [4.69, 9.17) is 9.84 Å². The fourth-order valence-corrected chi connectivity index (χ4v) is 1.90. The van der Waals surface area contributed by atoms with E-state index < -0.39 is 6.10 Å². The summed E-state index contributed by atoms with van der Waals surface area (Å²) >= 11 is 1.07. The molecule has 1 aromatic heterocycles. The van der Waals surface area contributed by atoms with Gasteiger partial charge in [0.1, 0.15) is 18.9 Å². The predicted molar refractivity (Wildman–Crippen MR) is 63.0 cm³/mol. The largest absolute Gasteiger partial charge is 0.473 e. The molecule has 0 spiro atoms. The minimum absolute atomic E-state index is 0.0689. The van der Waals surface area contributed by atoms with Crippen molar-refractivity contribution in [2.45, 2.75) is 18.9 Å². The number of aliphatic hydroxyl groups is 2. The van der Waals surface area contributed by atoms with Crippen molar-refractivity contribution in [3.63, 3.8) is 0 Å². The van der Waals surface area contributed by atoms with Gasteiger partial charge in [0.2, 0.25) is 5.88 Å². The van der Waals surface area contributed by atoms with Crippen LogP contribution < -0.4 is 10.1 Å². The molecule has 0 aliphatic heterocycles. The van der Waals surface area contributed by atoms with Crippen LogP contribution in [0.25, 0.3) is 0 Å². The fourth-order valence-electron chi connectivity index (χ4n) is 1.53. The smallest absolute Gasteiger partial charge is 0.245 e. The van der Waals surface area contributed by atoms with Crippen molar-refractivity contribution in [3.05, 3.63) is 6.20 Å². The third-order valence-electron chi connectivity index (χ3n) is 2.94. The van der Waals surface area contributed by atoms with E-state index in [0.717, 1.165) is 31.1 Å². The number of nitrogens with zero attached hydrogens (tertiary/aromatic N) is 2. The van der Waals surface area contributed by atoms with Gasteiger partial charge >= 0.3 is 0 Å². The Morgan fingerprint density at radius 1 is 1.59 bits per heavy atom. The molecule has 3 N–H and O–H groups in total. The van der Waals surface area contributed by atoms with Crippen LogP contribution in [0.2, 0.25) is 0 Å². The summed E-state index contributed by atoms with van der Waals surface area (Å²) in [5.41, 5.74) is 0.0689. The van der Waals surface area contributed by atoms with Crippen LogP contribution in [-0.2, 0) is 0 Å². The first-order chi connectivity index (χ1) is 8.24. The SMILES string of the molecule is OCC1(CNCC(O)COc2cnsn2)CC1. The number of ether oxygens (including phenoxy) is 1. The van der Waals surface area contributed by atoms with Gasteiger partial charge in [0.25, 0.3) is 0 Å². The zero-order valence-corrected chi connectivity index (χ0v) is 10.3. The molecule has 96 valence electrons. The molecule has 0 bridgehead atoms. The van der Waals surface area contributed by atoms with Crippen molar-refractivity contribution in [3.8, 4) is 5.88 Å². The number of rotatable bonds is 8. The van der Waals surface area contributed by atoms with E-state index in [1.54, 1.807) is 0 Å². The Bertz CT molecular complexity index is 330. The molecule has 1 fully saturated rings. The highest BCUT2D eigenvalue weighted by Gasteiger charge is 2.41. The lowest BCUT2D eigenvalue weighted by Gasteiger charge is -2.15. The molecule has 1 heterocycles. The summed E-state index contributed by atoms with van der Waals surface area (Å²) in [6, 6.07) is 0. The second kappa shape index (κ2) is 5.72. The molecular weight excluding hydrogens is 242 g/mol. The van der Waals surface area contributed by atoms with Crippen LogP contribution in [0.15, 0.2) is 6.20 Å². The Morgan fingerprint density at radius 3 is 3.00 bits per heavy atom. The van der Waals surface area contributed by atoms with Crippen molar-refractivity contribution < 1.29 is 14.9 Å². The summed E-state index contributed by atoms with van der Waals surface area (Å²) in [4.78, 5) is 0. The van der Waals surface area contributed by atoms with Crippen molar-refractivity contribution in [2.75, 3.05) is 26.3 Å². The molecule has 17 heavy (non-hydrogen) atoms. The standard InChI is InChI=1S/C10H17N3O3S/c14-7-10(1-2-10)6-11-3-8(15)5-16-9-4-12-17-13-9/h4,8,11,14-15H,1-3,5-7H2. The monoisotopic (exact) mass is 259 g/mol. The van der Waals surface area contributed by atoms with E-state index in [1.807, 2.05) is 0 Å². The molecule has 1 atom stereocenters. The van der Waals surface area contributed by atoms with Gasteiger partial charge in [-0.2, -0.15) is 4.37 Å². The van der Waals surface area contributed by atoms with E-state index in [0.29, 0.717) is 12.4 Å². The van der Waals surface area contributed by atoms with Gasteiger partial charge in [0, 0.05) is 25.1 Å². The van der Waals surface area contributed by atoms with Crippen LogP contribution in [0.5, 0.6) is 5.88 Å². The van der Waals surface area contributed by atoms with Gasteiger partial charge in [-0.05, 0) is 12.8 Å². The normalized spacial score (nSPS) is 18.9. The van der Waals surface area contributed by atoms with Gasteiger partial charge in [0.05, 0.1) is 11.7 Å². The highest BCUT2D eigenvalue weighted by atomic mass is 32.1. The zero-order valence-electron chi connectivity index (χ0n) is 9.50. The molecule has 1 saturated carbocycles. The molecule has 0 amide bonds. The second-order valence-corrected chi connectivity index (χ2v) is 5.06. The lowest BCUT2D eigenvalue weighted by molar-refractivity contribution is 0.101. The Kier molecular flexibility index (Phi) is 4.27. The van der Waals surface area contributed by atoms with Crippen molar-refractivity contribution >= 4 is 11.7 Å². The summed E-state index contributed by atoms with van der Waals surface area (Å²) in [5.74, 6) is 0.447. The zero-order chi connectivity index (χ0) is 12.1. The molecule has 7 heteroatoms.